The molecule has 0 rings (SSSR count). The van der Waals surface area contributed by atoms with E-state index in [4.69, 9.17) is 16.9 Å². The Hall–Kier alpha value is 0.130. The van der Waals surface area contributed by atoms with E-state index < -0.39 is 0 Å². The molecule has 0 N–H and O–H groups in total. The Labute approximate surface area is 78.1 Å². The number of rotatable bonds is 5. The van der Waals surface area contributed by atoms with Crippen LogP contribution in [0.4, 0.5) is 0 Å². The molecule has 0 aliphatic heterocycles. The average molecular weight is 192 g/mol. The van der Waals surface area contributed by atoms with Gasteiger partial charge in [0.1, 0.15) is 5.38 Å². The van der Waals surface area contributed by atoms with Gasteiger partial charge in [-0.05, 0) is 18.1 Å². The summed E-state index contributed by atoms with van der Waals surface area (Å²) >= 11 is 7.36. The number of hydrogen-bond acceptors (Lipinski definition) is 2. The maximum absolute atomic E-state index is 8.35. The minimum atomic E-state index is -0.313. The number of thioether (sulfide) groups is 1. The lowest BCUT2D eigenvalue weighted by Crippen LogP contribution is -1.99. The molecular weight excluding hydrogens is 178 g/mol. The Morgan fingerprint density at radius 1 is 1.55 bits per heavy atom. The molecule has 0 aromatic carbocycles. The Morgan fingerprint density at radius 3 is 2.64 bits per heavy atom. The van der Waals surface area contributed by atoms with Gasteiger partial charge in [0.15, 0.2) is 0 Å². The van der Waals surface area contributed by atoms with Crippen LogP contribution < -0.4 is 0 Å². The van der Waals surface area contributed by atoms with Crippen molar-refractivity contribution < 1.29 is 0 Å². The van der Waals surface area contributed by atoms with E-state index in [9.17, 15) is 0 Å². The zero-order chi connectivity index (χ0) is 8.69. The van der Waals surface area contributed by atoms with E-state index in [-0.39, 0.29) is 5.38 Å². The van der Waals surface area contributed by atoms with Gasteiger partial charge in [-0.1, -0.05) is 13.8 Å². The lowest BCUT2D eigenvalue weighted by Gasteiger charge is -2.03. The summed E-state index contributed by atoms with van der Waals surface area (Å²) in [6.07, 6.45) is 1.21. The van der Waals surface area contributed by atoms with Gasteiger partial charge < -0.3 is 0 Å². The fourth-order valence-corrected chi connectivity index (χ4v) is 1.90. The third-order valence-electron chi connectivity index (χ3n) is 1.24. The molecule has 1 unspecified atom stereocenters. The van der Waals surface area contributed by atoms with E-state index in [0.29, 0.717) is 0 Å². The molecule has 0 bridgehead atoms. The highest BCUT2D eigenvalue weighted by Gasteiger charge is 2.01. The molecule has 0 saturated heterocycles. The Bertz CT molecular complexity index is 131. The van der Waals surface area contributed by atoms with Crippen LogP contribution >= 0.6 is 23.4 Å². The normalized spacial score (nSPS) is 13.0. The fourth-order valence-electron chi connectivity index (χ4n) is 0.543. The first-order chi connectivity index (χ1) is 5.16. The van der Waals surface area contributed by atoms with E-state index in [1.165, 1.54) is 6.42 Å². The van der Waals surface area contributed by atoms with Gasteiger partial charge in [-0.15, -0.1) is 11.6 Å². The highest BCUT2D eigenvalue weighted by molar-refractivity contribution is 7.99. The summed E-state index contributed by atoms with van der Waals surface area (Å²) in [4.78, 5) is 0. The Balaban J connectivity index is 3.10. The fraction of sp³-hybridized carbons (Fsp3) is 0.875. The number of nitrogens with zero attached hydrogens (tertiary/aromatic N) is 1. The van der Waals surface area contributed by atoms with E-state index >= 15 is 0 Å². The summed E-state index contributed by atoms with van der Waals surface area (Å²) in [6, 6.07) is 2.00. The summed E-state index contributed by atoms with van der Waals surface area (Å²) < 4.78 is 0. The molecule has 0 aliphatic carbocycles. The van der Waals surface area contributed by atoms with Crippen LogP contribution in [0.1, 0.15) is 20.3 Å². The molecule has 0 heterocycles. The smallest absolute Gasteiger partial charge is 0.129 e. The second-order valence-corrected chi connectivity index (χ2v) is 4.53. The van der Waals surface area contributed by atoms with Crippen molar-refractivity contribution in [1.82, 2.24) is 0 Å². The minimum Gasteiger partial charge on any atom is -0.197 e. The van der Waals surface area contributed by atoms with Crippen molar-refractivity contribution in [3.8, 4) is 6.07 Å². The molecule has 3 heteroatoms. The SMILES string of the molecule is CC(C)CCSCC(Cl)C#N. The summed E-state index contributed by atoms with van der Waals surface area (Å²) in [5.74, 6) is 2.62. The molecule has 0 aromatic rings. The zero-order valence-corrected chi connectivity index (χ0v) is 8.58. The van der Waals surface area contributed by atoms with Crippen molar-refractivity contribution in [3.05, 3.63) is 0 Å². The van der Waals surface area contributed by atoms with E-state index in [0.717, 1.165) is 17.4 Å². The van der Waals surface area contributed by atoms with Gasteiger partial charge >= 0.3 is 0 Å². The third-order valence-corrected chi connectivity index (χ3v) is 2.77. The highest BCUT2D eigenvalue weighted by atomic mass is 35.5. The van der Waals surface area contributed by atoms with Crippen molar-refractivity contribution in [1.29, 1.82) is 5.26 Å². The molecule has 0 spiro atoms. The van der Waals surface area contributed by atoms with Gasteiger partial charge in [0, 0.05) is 5.75 Å². The Morgan fingerprint density at radius 2 is 2.18 bits per heavy atom. The quantitative estimate of drug-likeness (QED) is 0.493. The lowest BCUT2D eigenvalue weighted by molar-refractivity contribution is 0.632. The first kappa shape index (κ1) is 11.1. The van der Waals surface area contributed by atoms with Crippen LogP contribution in [-0.2, 0) is 0 Å². The van der Waals surface area contributed by atoms with Gasteiger partial charge in [0.25, 0.3) is 0 Å². The van der Waals surface area contributed by atoms with Crippen LogP contribution in [0.25, 0.3) is 0 Å². The minimum absolute atomic E-state index is 0.313. The number of alkyl halides is 1. The van der Waals surface area contributed by atoms with Crippen molar-refractivity contribution in [2.45, 2.75) is 25.6 Å². The van der Waals surface area contributed by atoms with Gasteiger partial charge in [-0.25, -0.2) is 0 Å². The van der Waals surface area contributed by atoms with E-state index in [1.807, 2.05) is 6.07 Å². The summed E-state index contributed by atoms with van der Waals surface area (Å²) in [5.41, 5.74) is 0. The second kappa shape index (κ2) is 6.82. The summed E-state index contributed by atoms with van der Waals surface area (Å²) in [7, 11) is 0. The van der Waals surface area contributed by atoms with Crippen LogP contribution in [0.3, 0.4) is 0 Å². The first-order valence-electron chi connectivity index (χ1n) is 3.78. The van der Waals surface area contributed by atoms with Crippen LogP contribution in [0.5, 0.6) is 0 Å². The van der Waals surface area contributed by atoms with Crippen LogP contribution in [0.2, 0.25) is 0 Å². The maximum Gasteiger partial charge on any atom is 0.129 e. The standard InChI is InChI=1S/C8H14ClNS/c1-7(2)3-4-11-6-8(9)5-10/h7-8H,3-4,6H2,1-2H3. The van der Waals surface area contributed by atoms with Gasteiger partial charge in [0.05, 0.1) is 6.07 Å². The predicted octanol–water partition coefficient (Wildman–Crippen LogP) is 2.90. The maximum atomic E-state index is 8.35. The van der Waals surface area contributed by atoms with Crippen LogP contribution in [0.15, 0.2) is 0 Å². The molecule has 11 heavy (non-hydrogen) atoms. The molecule has 0 radical (unpaired) electrons. The number of nitriles is 1. The second-order valence-electron chi connectivity index (χ2n) is 2.85. The molecule has 1 nitrogen and oxygen atoms in total. The van der Waals surface area contributed by atoms with Gasteiger partial charge in [0.2, 0.25) is 0 Å². The first-order valence-corrected chi connectivity index (χ1v) is 5.37. The van der Waals surface area contributed by atoms with Crippen molar-refractivity contribution >= 4 is 23.4 Å². The molecular formula is C8H14ClNS. The zero-order valence-electron chi connectivity index (χ0n) is 7.01. The largest absolute Gasteiger partial charge is 0.197 e. The molecule has 0 saturated carbocycles. The molecule has 0 aromatic heterocycles. The van der Waals surface area contributed by atoms with E-state index in [2.05, 4.69) is 13.8 Å². The highest BCUT2D eigenvalue weighted by Crippen LogP contribution is 2.11. The van der Waals surface area contributed by atoms with Gasteiger partial charge in [-0.2, -0.15) is 17.0 Å². The van der Waals surface area contributed by atoms with Gasteiger partial charge in [-0.3, -0.25) is 0 Å². The Kier molecular flexibility index (Phi) is 6.90. The summed E-state index contributed by atoms with van der Waals surface area (Å²) in [5, 5.41) is 8.04. The number of hydrogen-bond donors (Lipinski definition) is 0. The summed E-state index contributed by atoms with van der Waals surface area (Å²) in [6.45, 7) is 4.39. The molecule has 1 atom stereocenters. The topological polar surface area (TPSA) is 23.8 Å². The molecule has 0 fully saturated rings. The van der Waals surface area contributed by atoms with Crippen molar-refractivity contribution in [2.75, 3.05) is 11.5 Å². The molecule has 0 amide bonds. The molecule has 64 valence electrons. The lowest BCUT2D eigenvalue weighted by atomic mass is 10.2. The molecule has 0 aliphatic rings. The third kappa shape index (κ3) is 8.03. The van der Waals surface area contributed by atoms with Crippen LogP contribution in [0, 0.1) is 17.2 Å². The average Bonchev–Trinajstić information content (AvgIpc) is 1.97. The van der Waals surface area contributed by atoms with Crippen molar-refractivity contribution in [3.63, 3.8) is 0 Å². The predicted molar refractivity (Wildman–Crippen MR) is 52.0 cm³/mol. The van der Waals surface area contributed by atoms with Crippen molar-refractivity contribution in [2.24, 2.45) is 5.92 Å². The van der Waals surface area contributed by atoms with E-state index in [1.54, 1.807) is 11.8 Å². The number of halogens is 1. The monoisotopic (exact) mass is 191 g/mol. The van der Waals surface area contributed by atoms with Crippen LogP contribution in [-0.4, -0.2) is 16.9 Å².